The van der Waals surface area contributed by atoms with E-state index in [2.05, 4.69) is 10.3 Å². The second kappa shape index (κ2) is 8.57. The first kappa shape index (κ1) is 20.7. The van der Waals surface area contributed by atoms with Crippen LogP contribution in [0.5, 0.6) is 0 Å². The zero-order valence-electron chi connectivity index (χ0n) is 16.2. The number of urea groups is 1. The van der Waals surface area contributed by atoms with Crippen LogP contribution in [0.15, 0.2) is 64.5 Å². The number of nitrogens with zero attached hydrogens (tertiary/aromatic N) is 1. The van der Waals surface area contributed by atoms with E-state index < -0.39 is 39.6 Å². The molecule has 2 amide bonds. The Hall–Kier alpha value is -3.00. The summed E-state index contributed by atoms with van der Waals surface area (Å²) in [6, 6.07) is 13.7. The Bertz CT molecular complexity index is 1030. The van der Waals surface area contributed by atoms with Gasteiger partial charge in [0.05, 0.1) is 29.0 Å². The molecule has 29 heavy (non-hydrogen) atoms. The summed E-state index contributed by atoms with van der Waals surface area (Å²) in [7, 11) is -3.80. The Morgan fingerprint density at radius 3 is 2.38 bits per heavy atom. The van der Waals surface area contributed by atoms with Crippen LogP contribution in [0.4, 0.5) is 4.79 Å². The minimum atomic E-state index is -3.80. The Morgan fingerprint density at radius 2 is 1.76 bits per heavy atom. The first-order valence-electron chi connectivity index (χ1n) is 9.21. The topological polar surface area (TPSA) is 102 Å². The van der Waals surface area contributed by atoms with Crippen molar-refractivity contribution in [2.24, 2.45) is 10.9 Å². The fourth-order valence-electron chi connectivity index (χ4n) is 3.22. The molecule has 3 rings (SSSR count). The van der Waals surface area contributed by atoms with Crippen LogP contribution in [0, 0.1) is 12.8 Å². The first-order chi connectivity index (χ1) is 13.8. The highest BCUT2D eigenvalue weighted by Crippen LogP contribution is 2.29. The fourth-order valence-corrected chi connectivity index (χ4v) is 4.59. The van der Waals surface area contributed by atoms with Gasteiger partial charge in [0.15, 0.2) is 9.84 Å². The Balaban J connectivity index is 2.02. The molecule has 152 valence electrons. The molecular formula is C21H22N2O5S. The normalized spacial score (nSPS) is 19.2. The van der Waals surface area contributed by atoms with Crippen molar-refractivity contribution in [1.82, 2.24) is 5.32 Å². The van der Waals surface area contributed by atoms with E-state index in [1.807, 2.05) is 19.1 Å². The smallest absolute Gasteiger partial charge is 0.341 e. The van der Waals surface area contributed by atoms with Crippen molar-refractivity contribution < 1.29 is 22.7 Å². The Labute approximate surface area is 169 Å². The molecule has 0 radical (unpaired) electrons. The zero-order chi connectivity index (χ0) is 21.0. The highest BCUT2D eigenvalue weighted by atomic mass is 32.2. The molecule has 2 atom stereocenters. The van der Waals surface area contributed by atoms with Crippen LogP contribution in [0.3, 0.4) is 0 Å². The van der Waals surface area contributed by atoms with Gasteiger partial charge in [-0.2, -0.15) is 0 Å². The van der Waals surface area contributed by atoms with Gasteiger partial charge in [-0.1, -0.05) is 48.0 Å². The molecule has 7 nitrogen and oxygen atoms in total. The SMILES string of the molecule is CCOC(=O)C1C(CS(=O)(=O)c2ccccc2)=NC(=O)NC1c1ccc(C)cc1. The van der Waals surface area contributed by atoms with E-state index in [4.69, 9.17) is 4.74 Å². The zero-order valence-corrected chi connectivity index (χ0v) is 17.0. The summed E-state index contributed by atoms with van der Waals surface area (Å²) in [4.78, 5) is 28.9. The van der Waals surface area contributed by atoms with Gasteiger partial charge in [-0.15, -0.1) is 0 Å². The third-order valence-electron chi connectivity index (χ3n) is 4.63. The number of aliphatic imine (C=N–C) groups is 1. The predicted molar refractivity (Wildman–Crippen MR) is 109 cm³/mol. The number of aryl methyl sites for hydroxylation is 1. The number of sulfone groups is 1. The summed E-state index contributed by atoms with van der Waals surface area (Å²) in [5, 5.41) is 2.67. The minimum Gasteiger partial charge on any atom is -0.465 e. The number of rotatable bonds is 6. The van der Waals surface area contributed by atoms with Crippen molar-refractivity contribution in [1.29, 1.82) is 0 Å². The molecular weight excluding hydrogens is 392 g/mol. The fraction of sp³-hybridized carbons (Fsp3) is 0.286. The molecule has 2 aromatic rings. The molecule has 0 spiro atoms. The summed E-state index contributed by atoms with van der Waals surface area (Å²) in [5.74, 6) is -2.20. The van der Waals surface area contributed by atoms with Gasteiger partial charge in [-0.3, -0.25) is 4.79 Å². The number of nitrogens with one attached hydrogen (secondary N) is 1. The number of benzene rings is 2. The lowest BCUT2D eigenvalue weighted by Gasteiger charge is -2.31. The lowest BCUT2D eigenvalue weighted by molar-refractivity contribution is -0.146. The molecule has 1 N–H and O–H groups in total. The van der Waals surface area contributed by atoms with Crippen LogP contribution in [0.1, 0.15) is 24.1 Å². The van der Waals surface area contributed by atoms with Crippen LogP contribution in [-0.2, 0) is 19.4 Å². The second-order valence-electron chi connectivity index (χ2n) is 6.74. The van der Waals surface area contributed by atoms with Gasteiger partial charge < -0.3 is 10.1 Å². The van der Waals surface area contributed by atoms with E-state index in [0.29, 0.717) is 5.56 Å². The van der Waals surface area contributed by atoms with E-state index in [1.54, 1.807) is 37.3 Å². The number of hydrogen-bond donors (Lipinski definition) is 1. The molecule has 1 aliphatic heterocycles. The number of hydrogen-bond acceptors (Lipinski definition) is 5. The van der Waals surface area contributed by atoms with E-state index in [0.717, 1.165) is 5.56 Å². The monoisotopic (exact) mass is 414 g/mol. The first-order valence-corrected chi connectivity index (χ1v) is 10.9. The maximum absolute atomic E-state index is 12.9. The summed E-state index contributed by atoms with van der Waals surface area (Å²) in [6.45, 7) is 3.71. The van der Waals surface area contributed by atoms with Crippen molar-refractivity contribution in [2.75, 3.05) is 12.4 Å². The van der Waals surface area contributed by atoms with Crippen LogP contribution in [0.2, 0.25) is 0 Å². The summed E-state index contributed by atoms with van der Waals surface area (Å²) in [6.07, 6.45) is 0. The Morgan fingerprint density at radius 1 is 1.10 bits per heavy atom. The third-order valence-corrected chi connectivity index (χ3v) is 6.30. The third kappa shape index (κ3) is 4.71. The van der Waals surface area contributed by atoms with E-state index in [-0.39, 0.29) is 17.2 Å². The van der Waals surface area contributed by atoms with Crippen molar-refractivity contribution in [2.45, 2.75) is 24.8 Å². The standard InChI is InChI=1S/C21H22N2O5S/c1-3-28-20(24)18-17(13-29(26,27)16-7-5-4-6-8-16)22-21(25)23-19(18)15-11-9-14(2)10-12-15/h4-12,18-19H,3,13H2,1-2H3,(H,23,25). The van der Waals surface area contributed by atoms with Gasteiger partial charge >= 0.3 is 12.0 Å². The van der Waals surface area contributed by atoms with Crippen molar-refractivity contribution in [3.8, 4) is 0 Å². The number of carbonyl (C=O) groups excluding carboxylic acids is 2. The van der Waals surface area contributed by atoms with Crippen LogP contribution < -0.4 is 5.32 Å². The molecule has 1 heterocycles. The van der Waals surface area contributed by atoms with Gasteiger partial charge in [-0.05, 0) is 31.5 Å². The molecule has 0 saturated carbocycles. The highest BCUT2D eigenvalue weighted by molar-refractivity contribution is 7.92. The molecule has 2 aromatic carbocycles. The molecule has 0 saturated heterocycles. The average Bonchev–Trinajstić information content (AvgIpc) is 2.68. The van der Waals surface area contributed by atoms with Crippen LogP contribution in [0.25, 0.3) is 0 Å². The largest absolute Gasteiger partial charge is 0.465 e. The molecule has 1 aliphatic rings. The van der Waals surface area contributed by atoms with Crippen molar-refractivity contribution in [3.05, 3.63) is 65.7 Å². The number of esters is 1. The molecule has 0 bridgehead atoms. The van der Waals surface area contributed by atoms with Crippen molar-refractivity contribution in [3.63, 3.8) is 0 Å². The average molecular weight is 414 g/mol. The van der Waals surface area contributed by atoms with Gasteiger partial charge in [0.1, 0.15) is 5.92 Å². The predicted octanol–water partition coefficient (Wildman–Crippen LogP) is 2.85. The summed E-state index contributed by atoms with van der Waals surface area (Å²) in [5.41, 5.74) is 1.66. The molecule has 0 aliphatic carbocycles. The van der Waals surface area contributed by atoms with E-state index in [1.165, 1.54) is 12.1 Å². The van der Waals surface area contributed by atoms with Crippen LogP contribution in [-0.4, -0.2) is 38.5 Å². The van der Waals surface area contributed by atoms with E-state index >= 15 is 0 Å². The van der Waals surface area contributed by atoms with Gasteiger partial charge in [0.25, 0.3) is 0 Å². The number of amides is 2. The second-order valence-corrected chi connectivity index (χ2v) is 8.73. The quantitative estimate of drug-likeness (QED) is 0.733. The van der Waals surface area contributed by atoms with Crippen molar-refractivity contribution >= 4 is 27.5 Å². The minimum absolute atomic E-state index is 0.0263. The molecule has 0 fully saturated rings. The highest BCUT2D eigenvalue weighted by Gasteiger charge is 2.41. The Kier molecular flexibility index (Phi) is 6.12. The van der Waals surface area contributed by atoms with Gasteiger partial charge in [0.2, 0.25) is 0 Å². The summed E-state index contributed by atoms with van der Waals surface area (Å²) >= 11 is 0. The molecule has 0 aromatic heterocycles. The lowest BCUT2D eigenvalue weighted by Crippen LogP contribution is -2.47. The maximum atomic E-state index is 12.9. The number of ether oxygens (including phenoxy) is 1. The summed E-state index contributed by atoms with van der Waals surface area (Å²) < 4.78 is 30.9. The molecule has 8 heteroatoms. The molecule has 2 unspecified atom stereocenters. The van der Waals surface area contributed by atoms with Crippen LogP contribution >= 0.6 is 0 Å². The van der Waals surface area contributed by atoms with Gasteiger partial charge in [-0.25, -0.2) is 18.2 Å². The van der Waals surface area contributed by atoms with Gasteiger partial charge in [0, 0.05) is 0 Å². The maximum Gasteiger partial charge on any atom is 0.341 e. The lowest BCUT2D eigenvalue weighted by atomic mass is 9.88. The number of carbonyl (C=O) groups is 2. The van der Waals surface area contributed by atoms with E-state index in [9.17, 15) is 18.0 Å².